The minimum Gasteiger partial charge on any atom is -0.366 e. The molecule has 0 bridgehead atoms. The minimum atomic E-state index is -0.383. The first-order valence-electron chi connectivity index (χ1n) is 6.47. The van der Waals surface area contributed by atoms with Gasteiger partial charge in [-0.25, -0.2) is 0 Å². The molecule has 2 aromatic rings. The zero-order chi connectivity index (χ0) is 13.2. The fourth-order valence-electron chi connectivity index (χ4n) is 2.60. The molecule has 0 aliphatic carbocycles. The van der Waals surface area contributed by atoms with Crippen LogP contribution in [0.3, 0.4) is 0 Å². The second-order valence-corrected chi connectivity index (χ2v) is 4.82. The molecule has 3 rings (SSSR count). The number of hydrogen-bond acceptors (Lipinski definition) is 2. The maximum Gasteiger partial charge on any atom is 0.249 e. The molecular weight excluding hydrogens is 236 g/mol. The van der Waals surface area contributed by atoms with E-state index < -0.39 is 0 Å². The van der Waals surface area contributed by atoms with Crippen molar-refractivity contribution in [2.24, 2.45) is 5.73 Å². The third-order valence-electron chi connectivity index (χ3n) is 3.60. The Bertz CT molecular complexity index is 634. The SMILES string of the molecule is NC(=O)c1ccccc1-c1ccc2c(c1)CNCC2. The molecule has 0 fully saturated rings. The molecule has 0 unspecified atom stereocenters. The predicted octanol–water partition coefficient (Wildman–Crippen LogP) is 2.10. The molecule has 1 heterocycles. The number of fused-ring (bicyclic) bond motifs is 1. The molecule has 3 N–H and O–H groups in total. The highest BCUT2D eigenvalue weighted by molar-refractivity contribution is 5.99. The van der Waals surface area contributed by atoms with Crippen molar-refractivity contribution < 1.29 is 4.79 Å². The molecule has 1 aliphatic rings. The van der Waals surface area contributed by atoms with Crippen molar-refractivity contribution in [1.82, 2.24) is 5.32 Å². The predicted molar refractivity (Wildman–Crippen MR) is 75.8 cm³/mol. The van der Waals surface area contributed by atoms with E-state index in [4.69, 9.17) is 5.73 Å². The van der Waals surface area contributed by atoms with Crippen molar-refractivity contribution in [3.8, 4) is 11.1 Å². The largest absolute Gasteiger partial charge is 0.366 e. The summed E-state index contributed by atoms with van der Waals surface area (Å²) in [4.78, 5) is 11.5. The molecule has 0 atom stereocenters. The minimum absolute atomic E-state index is 0.383. The van der Waals surface area contributed by atoms with Gasteiger partial charge >= 0.3 is 0 Å². The Morgan fingerprint density at radius 1 is 1.11 bits per heavy atom. The molecule has 0 saturated heterocycles. The highest BCUT2D eigenvalue weighted by atomic mass is 16.1. The number of nitrogens with one attached hydrogen (secondary N) is 1. The lowest BCUT2D eigenvalue weighted by molar-refractivity contribution is 0.100. The zero-order valence-electron chi connectivity index (χ0n) is 10.6. The lowest BCUT2D eigenvalue weighted by atomic mass is 9.93. The second kappa shape index (κ2) is 4.86. The fraction of sp³-hybridized carbons (Fsp3) is 0.188. The molecule has 0 radical (unpaired) electrons. The smallest absolute Gasteiger partial charge is 0.249 e. The first-order chi connectivity index (χ1) is 9.25. The Hall–Kier alpha value is -2.13. The average Bonchev–Trinajstić information content (AvgIpc) is 2.46. The van der Waals surface area contributed by atoms with Gasteiger partial charge in [0.25, 0.3) is 0 Å². The van der Waals surface area contributed by atoms with Gasteiger partial charge in [-0.2, -0.15) is 0 Å². The summed E-state index contributed by atoms with van der Waals surface area (Å²) >= 11 is 0. The van der Waals surface area contributed by atoms with Gasteiger partial charge in [0.1, 0.15) is 0 Å². The van der Waals surface area contributed by atoms with Crippen LogP contribution in [0.5, 0.6) is 0 Å². The molecule has 1 amide bonds. The summed E-state index contributed by atoms with van der Waals surface area (Å²) in [5.41, 5.74) is 10.7. The summed E-state index contributed by atoms with van der Waals surface area (Å²) in [6, 6.07) is 13.9. The van der Waals surface area contributed by atoms with Crippen molar-refractivity contribution in [1.29, 1.82) is 0 Å². The van der Waals surface area contributed by atoms with Crippen LogP contribution in [-0.2, 0) is 13.0 Å². The van der Waals surface area contributed by atoms with Crippen LogP contribution >= 0.6 is 0 Å². The van der Waals surface area contributed by atoms with E-state index in [-0.39, 0.29) is 5.91 Å². The van der Waals surface area contributed by atoms with Crippen molar-refractivity contribution in [2.45, 2.75) is 13.0 Å². The van der Waals surface area contributed by atoms with Crippen LogP contribution in [0, 0.1) is 0 Å². The van der Waals surface area contributed by atoms with E-state index in [2.05, 4.69) is 23.5 Å². The molecule has 1 aliphatic heterocycles. The highest BCUT2D eigenvalue weighted by Crippen LogP contribution is 2.27. The van der Waals surface area contributed by atoms with E-state index in [0.29, 0.717) is 5.56 Å². The number of hydrogen-bond donors (Lipinski definition) is 2. The summed E-state index contributed by atoms with van der Waals surface area (Å²) in [5, 5.41) is 3.37. The number of amides is 1. The van der Waals surface area contributed by atoms with Crippen molar-refractivity contribution in [2.75, 3.05) is 6.54 Å². The summed E-state index contributed by atoms with van der Waals surface area (Å²) in [7, 11) is 0. The van der Waals surface area contributed by atoms with Gasteiger partial charge < -0.3 is 11.1 Å². The quantitative estimate of drug-likeness (QED) is 0.860. The number of primary amides is 1. The highest BCUT2D eigenvalue weighted by Gasteiger charge is 2.13. The standard InChI is InChI=1S/C16H16N2O/c17-16(19)15-4-2-1-3-14(15)12-6-5-11-7-8-18-10-13(11)9-12/h1-6,9,18H,7-8,10H2,(H2,17,19). The van der Waals surface area contributed by atoms with Gasteiger partial charge in [-0.05, 0) is 47.4 Å². The Morgan fingerprint density at radius 2 is 1.95 bits per heavy atom. The maximum atomic E-state index is 11.5. The Labute approximate surface area is 112 Å². The van der Waals surface area contributed by atoms with Crippen LogP contribution in [0.4, 0.5) is 0 Å². The van der Waals surface area contributed by atoms with E-state index in [1.165, 1.54) is 11.1 Å². The monoisotopic (exact) mass is 252 g/mol. The lowest BCUT2D eigenvalue weighted by Crippen LogP contribution is -2.23. The van der Waals surface area contributed by atoms with Crippen molar-refractivity contribution in [3.63, 3.8) is 0 Å². The van der Waals surface area contributed by atoms with E-state index in [0.717, 1.165) is 30.6 Å². The number of carbonyl (C=O) groups excluding carboxylic acids is 1. The second-order valence-electron chi connectivity index (χ2n) is 4.82. The number of nitrogens with two attached hydrogens (primary N) is 1. The molecule has 3 heteroatoms. The molecule has 0 spiro atoms. The van der Waals surface area contributed by atoms with Gasteiger partial charge in [0, 0.05) is 12.1 Å². The van der Waals surface area contributed by atoms with Crippen LogP contribution in [0.25, 0.3) is 11.1 Å². The number of benzene rings is 2. The molecular formula is C16H16N2O. The van der Waals surface area contributed by atoms with Crippen LogP contribution in [0.1, 0.15) is 21.5 Å². The molecule has 2 aromatic carbocycles. The van der Waals surface area contributed by atoms with Gasteiger partial charge in [0.2, 0.25) is 5.91 Å². The van der Waals surface area contributed by atoms with Gasteiger partial charge in [-0.15, -0.1) is 0 Å². The van der Waals surface area contributed by atoms with E-state index in [1.807, 2.05) is 18.2 Å². The summed E-state index contributed by atoms with van der Waals surface area (Å²) < 4.78 is 0. The first kappa shape index (κ1) is 11.9. The van der Waals surface area contributed by atoms with E-state index in [9.17, 15) is 4.79 Å². The zero-order valence-corrected chi connectivity index (χ0v) is 10.6. The van der Waals surface area contributed by atoms with Crippen molar-refractivity contribution >= 4 is 5.91 Å². The Balaban J connectivity index is 2.10. The molecule has 0 aromatic heterocycles. The Kier molecular flexibility index (Phi) is 3.05. The van der Waals surface area contributed by atoms with Gasteiger partial charge in [0.05, 0.1) is 0 Å². The number of carbonyl (C=O) groups is 1. The lowest BCUT2D eigenvalue weighted by Gasteiger charge is -2.18. The van der Waals surface area contributed by atoms with Gasteiger partial charge in [-0.3, -0.25) is 4.79 Å². The molecule has 0 saturated carbocycles. The fourth-order valence-corrected chi connectivity index (χ4v) is 2.60. The third-order valence-corrected chi connectivity index (χ3v) is 3.60. The summed E-state index contributed by atoms with van der Waals surface area (Å²) in [6.45, 7) is 1.92. The van der Waals surface area contributed by atoms with E-state index in [1.54, 1.807) is 6.07 Å². The third kappa shape index (κ3) is 2.25. The molecule has 3 nitrogen and oxygen atoms in total. The normalized spacial score (nSPS) is 13.9. The first-order valence-corrected chi connectivity index (χ1v) is 6.47. The molecule has 19 heavy (non-hydrogen) atoms. The van der Waals surface area contributed by atoms with Gasteiger partial charge in [-0.1, -0.05) is 30.3 Å². The van der Waals surface area contributed by atoms with Crippen LogP contribution in [-0.4, -0.2) is 12.5 Å². The van der Waals surface area contributed by atoms with Crippen molar-refractivity contribution in [3.05, 3.63) is 59.2 Å². The maximum absolute atomic E-state index is 11.5. The molecule has 96 valence electrons. The average molecular weight is 252 g/mol. The van der Waals surface area contributed by atoms with Crippen LogP contribution < -0.4 is 11.1 Å². The van der Waals surface area contributed by atoms with E-state index >= 15 is 0 Å². The Morgan fingerprint density at radius 3 is 2.79 bits per heavy atom. The van der Waals surface area contributed by atoms with Gasteiger partial charge in [0.15, 0.2) is 0 Å². The summed E-state index contributed by atoms with van der Waals surface area (Å²) in [5.74, 6) is -0.383. The number of rotatable bonds is 2. The van der Waals surface area contributed by atoms with Crippen LogP contribution in [0.2, 0.25) is 0 Å². The topological polar surface area (TPSA) is 55.1 Å². The van der Waals surface area contributed by atoms with Crippen LogP contribution in [0.15, 0.2) is 42.5 Å². The summed E-state index contributed by atoms with van der Waals surface area (Å²) in [6.07, 6.45) is 1.06.